The van der Waals surface area contributed by atoms with Crippen molar-refractivity contribution in [2.45, 2.75) is 18.4 Å². The first-order chi connectivity index (χ1) is 12.1. The molecule has 2 aliphatic heterocycles. The van der Waals surface area contributed by atoms with Gasteiger partial charge in [0.1, 0.15) is 0 Å². The lowest BCUT2D eigenvalue weighted by Gasteiger charge is -2.36. The van der Waals surface area contributed by atoms with Crippen LogP contribution in [0.2, 0.25) is 0 Å². The predicted molar refractivity (Wildman–Crippen MR) is 95.2 cm³/mol. The van der Waals surface area contributed by atoms with Gasteiger partial charge in [0.05, 0.1) is 12.1 Å². The van der Waals surface area contributed by atoms with Crippen LogP contribution in [0.3, 0.4) is 0 Å². The molecule has 0 unspecified atom stereocenters. The van der Waals surface area contributed by atoms with Gasteiger partial charge in [-0.25, -0.2) is 0 Å². The Hall–Kier alpha value is -2.12. The summed E-state index contributed by atoms with van der Waals surface area (Å²) in [7, 11) is 0. The number of ether oxygens (including phenoxy) is 1. The fourth-order valence-corrected chi connectivity index (χ4v) is 3.26. The number of carbonyl (C=O) groups is 2. The molecule has 3 N–H and O–H groups in total. The molecule has 0 radical (unpaired) electrons. The number of hydrogen-bond acceptors (Lipinski definition) is 5. The van der Waals surface area contributed by atoms with Crippen molar-refractivity contribution in [3.8, 4) is 0 Å². The number of amides is 2. The molecule has 2 heterocycles. The maximum absolute atomic E-state index is 12.4. The number of rotatable bonds is 4. The van der Waals surface area contributed by atoms with E-state index in [4.69, 9.17) is 10.5 Å². The fourth-order valence-electron chi connectivity index (χ4n) is 3.26. The summed E-state index contributed by atoms with van der Waals surface area (Å²) in [6.45, 7) is 3.88. The first-order valence-electron chi connectivity index (χ1n) is 8.81. The standard InChI is InChI=1S/C18H26N4O3/c19-18(6-12-25-13-7-18)17(24)20-14-16(23)22-10-8-21(9-11-22)15-4-2-1-3-5-15/h1-5H,6-14,19H2,(H,20,24). The van der Waals surface area contributed by atoms with Gasteiger partial charge in [0.15, 0.2) is 0 Å². The quantitative estimate of drug-likeness (QED) is 0.799. The number of nitrogens with zero attached hydrogens (tertiary/aromatic N) is 2. The molecule has 3 rings (SSSR count). The molecule has 0 spiro atoms. The minimum atomic E-state index is -0.912. The van der Waals surface area contributed by atoms with Gasteiger partial charge >= 0.3 is 0 Å². The SMILES string of the molecule is NC1(C(=O)NCC(=O)N2CCN(c3ccccc3)CC2)CCOCC1. The molecule has 0 atom stereocenters. The van der Waals surface area contributed by atoms with E-state index in [0.29, 0.717) is 39.1 Å². The molecule has 136 valence electrons. The minimum absolute atomic E-state index is 0.00395. The van der Waals surface area contributed by atoms with Crippen LogP contribution in [-0.4, -0.2) is 68.2 Å². The lowest BCUT2D eigenvalue weighted by atomic mass is 9.90. The Morgan fingerprint density at radius 3 is 2.36 bits per heavy atom. The van der Waals surface area contributed by atoms with Crippen molar-refractivity contribution >= 4 is 17.5 Å². The highest BCUT2D eigenvalue weighted by molar-refractivity contribution is 5.90. The second-order valence-corrected chi connectivity index (χ2v) is 6.65. The van der Waals surface area contributed by atoms with Crippen molar-refractivity contribution in [2.24, 2.45) is 5.73 Å². The number of piperazine rings is 1. The van der Waals surface area contributed by atoms with E-state index >= 15 is 0 Å². The van der Waals surface area contributed by atoms with Crippen molar-refractivity contribution < 1.29 is 14.3 Å². The summed E-state index contributed by atoms with van der Waals surface area (Å²) in [6.07, 6.45) is 0.978. The molecule has 2 saturated heterocycles. The molecule has 0 bridgehead atoms. The summed E-state index contributed by atoms with van der Waals surface area (Å²) in [4.78, 5) is 28.7. The third-order valence-electron chi connectivity index (χ3n) is 4.99. The molecule has 0 aromatic heterocycles. The van der Waals surface area contributed by atoms with Crippen LogP contribution in [0.5, 0.6) is 0 Å². The average Bonchev–Trinajstić information content (AvgIpc) is 2.67. The van der Waals surface area contributed by atoms with E-state index in [2.05, 4.69) is 22.3 Å². The van der Waals surface area contributed by atoms with E-state index in [0.717, 1.165) is 13.1 Å². The number of para-hydroxylation sites is 1. The topological polar surface area (TPSA) is 87.9 Å². The number of benzene rings is 1. The number of nitrogens with one attached hydrogen (secondary N) is 1. The third kappa shape index (κ3) is 4.29. The summed E-state index contributed by atoms with van der Waals surface area (Å²) in [6, 6.07) is 10.2. The molecule has 2 aliphatic rings. The van der Waals surface area contributed by atoms with Crippen LogP contribution in [0.1, 0.15) is 12.8 Å². The number of hydrogen-bond donors (Lipinski definition) is 2. The largest absolute Gasteiger partial charge is 0.381 e. The van der Waals surface area contributed by atoms with Crippen LogP contribution < -0.4 is 16.0 Å². The molecule has 7 heteroatoms. The van der Waals surface area contributed by atoms with E-state index in [9.17, 15) is 9.59 Å². The number of anilines is 1. The molecule has 2 amide bonds. The maximum atomic E-state index is 12.4. The molecule has 0 saturated carbocycles. The van der Waals surface area contributed by atoms with Crippen LogP contribution in [0.4, 0.5) is 5.69 Å². The summed E-state index contributed by atoms with van der Waals surface area (Å²) in [5, 5.41) is 2.71. The Morgan fingerprint density at radius 2 is 1.72 bits per heavy atom. The average molecular weight is 346 g/mol. The highest BCUT2D eigenvalue weighted by atomic mass is 16.5. The third-order valence-corrected chi connectivity index (χ3v) is 4.99. The van der Waals surface area contributed by atoms with Gasteiger partial charge in [-0.15, -0.1) is 0 Å². The Kier molecular flexibility index (Phi) is 5.55. The molecule has 2 fully saturated rings. The zero-order valence-corrected chi connectivity index (χ0v) is 14.4. The monoisotopic (exact) mass is 346 g/mol. The zero-order chi connectivity index (χ0) is 17.7. The summed E-state index contributed by atoms with van der Waals surface area (Å²) >= 11 is 0. The summed E-state index contributed by atoms with van der Waals surface area (Å²) in [5.41, 5.74) is 6.39. The van der Waals surface area contributed by atoms with E-state index < -0.39 is 5.54 Å². The molecule has 1 aromatic rings. The van der Waals surface area contributed by atoms with Gasteiger partial charge in [-0.3, -0.25) is 9.59 Å². The number of nitrogens with two attached hydrogens (primary N) is 1. The maximum Gasteiger partial charge on any atom is 0.242 e. The molecular formula is C18H26N4O3. The Morgan fingerprint density at radius 1 is 1.08 bits per heavy atom. The summed E-state index contributed by atoms with van der Waals surface area (Å²) in [5.74, 6) is -0.316. The van der Waals surface area contributed by atoms with Crippen LogP contribution in [0, 0.1) is 0 Å². The lowest BCUT2D eigenvalue weighted by Crippen LogP contribution is -2.58. The van der Waals surface area contributed by atoms with Crippen molar-refractivity contribution in [3.63, 3.8) is 0 Å². The fraction of sp³-hybridized carbons (Fsp3) is 0.556. The zero-order valence-electron chi connectivity index (χ0n) is 14.4. The minimum Gasteiger partial charge on any atom is -0.381 e. The molecular weight excluding hydrogens is 320 g/mol. The second kappa shape index (κ2) is 7.84. The number of carbonyl (C=O) groups excluding carboxylic acids is 2. The molecule has 0 aliphatic carbocycles. The van der Waals surface area contributed by atoms with Crippen molar-refractivity contribution in [2.75, 3.05) is 50.8 Å². The first-order valence-corrected chi connectivity index (χ1v) is 8.81. The van der Waals surface area contributed by atoms with Crippen LogP contribution in [-0.2, 0) is 14.3 Å². The normalized spacial score (nSPS) is 20.2. The van der Waals surface area contributed by atoms with Crippen molar-refractivity contribution in [1.82, 2.24) is 10.2 Å². The molecule has 1 aromatic carbocycles. The van der Waals surface area contributed by atoms with E-state index in [-0.39, 0.29) is 18.4 Å². The molecule has 25 heavy (non-hydrogen) atoms. The second-order valence-electron chi connectivity index (χ2n) is 6.65. The van der Waals surface area contributed by atoms with Crippen molar-refractivity contribution in [1.29, 1.82) is 0 Å². The van der Waals surface area contributed by atoms with Gasteiger partial charge in [0, 0.05) is 45.1 Å². The summed E-state index contributed by atoms with van der Waals surface area (Å²) < 4.78 is 5.24. The Labute approximate surface area is 148 Å². The van der Waals surface area contributed by atoms with Gasteiger partial charge < -0.3 is 25.6 Å². The van der Waals surface area contributed by atoms with Crippen LogP contribution in [0.15, 0.2) is 30.3 Å². The predicted octanol–water partition coefficient (Wildman–Crippen LogP) is -0.0407. The van der Waals surface area contributed by atoms with E-state index in [1.54, 1.807) is 4.90 Å². The smallest absolute Gasteiger partial charge is 0.242 e. The van der Waals surface area contributed by atoms with Gasteiger partial charge in [0.2, 0.25) is 11.8 Å². The van der Waals surface area contributed by atoms with Crippen LogP contribution >= 0.6 is 0 Å². The van der Waals surface area contributed by atoms with Gasteiger partial charge in [0.25, 0.3) is 0 Å². The first kappa shape index (κ1) is 17.7. The molecule has 7 nitrogen and oxygen atoms in total. The highest BCUT2D eigenvalue weighted by Crippen LogP contribution is 2.18. The van der Waals surface area contributed by atoms with E-state index in [1.165, 1.54) is 5.69 Å². The lowest BCUT2D eigenvalue weighted by molar-refractivity contribution is -0.135. The van der Waals surface area contributed by atoms with Crippen LogP contribution in [0.25, 0.3) is 0 Å². The van der Waals surface area contributed by atoms with Gasteiger partial charge in [-0.05, 0) is 25.0 Å². The van der Waals surface area contributed by atoms with Gasteiger partial charge in [-0.1, -0.05) is 18.2 Å². The Bertz CT molecular complexity index is 594. The van der Waals surface area contributed by atoms with Crippen molar-refractivity contribution in [3.05, 3.63) is 30.3 Å². The highest BCUT2D eigenvalue weighted by Gasteiger charge is 2.36. The van der Waals surface area contributed by atoms with Gasteiger partial charge in [-0.2, -0.15) is 0 Å². The van der Waals surface area contributed by atoms with E-state index in [1.807, 2.05) is 18.2 Å². The Balaban J connectivity index is 1.44.